The minimum absolute atomic E-state index is 0.0179. The maximum Gasteiger partial charge on any atom is 0.255 e. The lowest BCUT2D eigenvalue weighted by Crippen LogP contribution is -2.37. The van der Waals surface area contributed by atoms with Gasteiger partial charge < -0.3 is 15.2 Å². The van der Waals surface area contributed by atoms with Gasteiger partial charge in [-0.15, -0.1) is 0 Å². The van der Waals surface area contributed by atoms with Crippen LogP contribution in [0.3, 0.4) is 0 Å². The van der Waals surface area contributed by atoms with Crippen LogP contribution < -0.4 is 10.6 Å². The van der Waals surface area contributed by atoms with Crippen molar-refractivity contribution in [2.24, 2.45) is 5.92 Å². The second-order valence-electron chi connectivity index (χ2n) is 11.5. The molecule has 0 saturated carbocycles. The number of piperidine rings is 1. The second-order valence-corrected chi connectivity index (χ2v) is 12.4. The van der Waals surface area contributed by atoms with Crippen LogP contribution in [0.5, 0.6) is 0 Å². The minimum atomic E-state index is -0.198. The summed E-state index contributed by atoms with van der Waals surface area (Å²) in [5.41, 5.74) is 3.68. The van der Waals surface area contributed by atoms with Gasteiger partial charge in [-0.25, -0.2) is 0 Å². The molecule has 0 aliphatic carbocycles. The zero-order valence-electron chi connectivity index (χ0n) is 23.8. The summed E-state index contributed by atoms with van der Waals surface area (Å²) in [5, 5.41) is 11.0. The molecule has 0 unspecified atom stereocenters. The van der Waals surface area contributed by atoms with E-state index in [0.29, 0.717) is 63.6 Å². The zero-order chi connectivity index (χ0) is 29.9. The summed E-state index contributed by atoms with van der Waals surface area (Å²) >= 11 is 12.2. The van der Waals surface area contributed by atoms with Crippen LogP contribution in [-0.2, 0) is 16.8 Å². The molecule has 0 spiro atoms. The summed E-state index contributed by atoms with van der Waals surface area (Å²) in [6, 6.07) is 20.0. The fourth-order valence-electron chi connectivity index (χ4n) is 4.89. The first-order chi connectivity index (χ1) is 20.0. The molecule has 2 amide bonds. The predicted molar refractivity (Wildman–Crippen MR) is 166 cm³/mol. The molecule has 0 radical (unpaired) electrons. The normalized spacial score (nSPS) is 14.5. The fourth-order valence-corrected chi connectivity index (χ4v) is 5.38. The Balaban J connectivity index is 1.11. The van der Waals surface area contributed by atoms with Gasteiger partial charge >= 0.3 is 0 Å². The number of nitrogens with zero attached hydrogens (tertiary/aromatic N) is 3. The Morgan fingerprint density at radius 2 is 1.64 bits per heavy atom. The molecule has 0 atom stereocenters. The summed E-state index contributed by atoms with van der Waals surface area (Å²) in [6.45, 7) is 8.35. The van der Waals surface area contributed by atoms with Crippen LogP contribution in [-0.4, -0.2) is 39.9 Å². The standard InChI is InChI=1S/C32H33Cl2N5O3/c1-32(2,3)22-9-7-20(8-10-22)30(40)35-24-5-4-6-25(18-24)36-31(41)21-13-15-39(16-14-21)19-28-37-29(38-42-28)26-12-11-23(33)17-27(26)34/h4-12,17-18,21H,13-16,19H2,1-3H3,(H,35,40)(H,36,41). The molecule has 5 rings (SSSR count). The van der Waals surface area contributed by atoms with Crippen LogP contribution in [0.2, 0.25) is 10.0 Å². The summed E-state index contributed by atoms with van der Waals surface area (Å²) in [6.07, 6.45) is 1.41. The molecule has 1 aromatic heterocycles. The van der Waals surface area contributed by atoms with Crippen molar-refractivity contribution < 1.29 is 14.1 Å². The molecule has 8 nitrogen and oxygen atoms in total. The number of anilines is 2. The third-order valence-corrected chi connectivity index (χ3v) is 7.91. The maximum atomic E-state index is 13.0. The Kier molecular flexibility index (Phi) is 8.96. The van der Waals surface area contributed by atoms with Gasteiger partial charge in [0.25, 0.3) is 5.91 Å². The van der Waals surface area contributed by atoms with Gasteiger partial charge in [0, 0.05) is 33.4 Å². The SMILES string of the molecule is CC(C)(C)c1ccc(C(=O)Nc2cccc(NC(=O)C3CCN(Cc4nc(-c5ccc(Cl)cc5Cl)no4)CC3)c2)cc1. The highest BCUT2D eigenvalue weighted by atomic mass is 35.5. The Labute approximate surface area is 255 Å². The van der Waals surface area contributed by atoms with Crippen molar-refractivity contribution in [2.75, 3.05) is 23.7 Å². The monoisotopic (exact) mass is 605 g/mol. The highest BCUT2D eigenvalue weighted by molar-refractivity contribution is 6.36. The molecule has 1 aliphatic heterocycles. The number of likely N-dealkylation sites (tertiary alicyclic amines) is 1. The topological polar surface area (TPSA) is 100 Å². The number of hydrogen-bond acceptors (Lipinski definition) is 6. The average molecular weight is 607 g/mol. The predicted octanol–water partition coefficient (Wildman–Crippen LogP) is 7.44. The molecule has 1 saturated heterocycles. The van der Waals surface area contributed by atoms with E-state index in [4.69, 9.17) is 27.7 Å². The molecule has 1 fully saturated rings. The van der Waals surface area contributed by atoms with Gasteiger partial charge in [-0.2, -0.15) is 4.98 Å². The first-order valence-corrected chi connectivity index (χ1v) is 14.6. The molecule has 3 aromatic carbocycles. The van der Waals surface area contributed by atoms with E-state index in [1.807, 2.05) is 36.4 Å². The number of carbonyl (C=O) groups is 2. The third-order valence-electron chi connectivity index (χ3n) is 7.36. The quantitative estimate of drug-likeness (QED) is 0.227. The molecule has 4 aromatic rings. The lowest BCUT2D eigenvalue weighted by molar-refractivity contribution is -0.121. The smallest absolute Gasteiger partial charge is 0.255 e. The van der Waals surface area contributed by atoms with Crippen LogP contribution in [0, 0.1) is 5.92 Å². The molecule has 2 heterocycles. The molecule has 10 heteroatoms. The molecule has 218 valence electrons. The van der Waals surface area contributed by atoms with Gasteiger partial charge in [-0.3, -0.25) is 14.5 Å². The summed E-state index contributed by atoms with van der Waals surface area (Å²) in [4.78, 5) is 32.5. The van der Waals surface area contributed by atoms with Crippen LogP contribution in [0.25, 0.3) is 11.4 Å². The lowest BCUT2D eigenvalue weighted by atomic mass is 9.87. The van der Waals surface area contributed by atoms with Crippen molar-refractivity contribution in [3.05, 3.63) is 93.8 Å². The van der Waals surface area contributed by atoms with Gasteiger partial charge in [0.2, 0.25) is 17.6 Å². The first kappa shape index (κ1) is 29.8. The van der Waals surface area contributed by atoms with Crippen molar-refractivity contribution in [1.29, 1.82) is 0 Å². The highest BCUT2D eigenvalue weighted by Gasteiger charge is 2.26. The Hall–Kier alpha value is -3.72. The number of halogens is 2. The second kappa shape index (κ2) is 12.7. The van der Waals surface area contributed by atoms with Crippen molar-refractivity contribution in [3.63, 3.8) is 0 Å². The minimum Gasteiger partial charge on any atom is -0.338 e. The Morgan fingerprint density at radius 3 is 2.31 bits per heavy atom. The largest absolute Gasteiger partial charge is 0.338 e. The molecule has 1 aliphatic rings. The molecule has 2 N–H and O–H groups in total. The van der Waals surface area contributed by atoms with Crippen molar-refractivity contribution >= 4 is 46.4 Å². The summed E-state index contributed by atoms with van der Waals surface area (Å²) < 4.78 is 5.44. The fraction of sp³-hybridized carbons (Fsp3) is 0.312. The lowest BCUT2D eigenvalue weighted by Gasteiger charge is -2.30. The van der Waals surface area contributed by atoms with Gasteiger partial charge in [0.15, 0.2) is 0 Å². The summed E-state index contributed by atoms with van der Waals surface area (Å²) in [5.74, 6) is 0.553. The van der Waals surface area contributed by atoms with Gasteiger partial charge in [-0.05, 0) is 85.4 Å². The van der Waals surface area contributed by atoms with E-state index in [0.717, 1.165) is 18.7 Å². The Bertz CT molecular complexity index is 1570. The van der Waals surface area contributed by atoms with Crippen LogP contribution in [0.1, 0.15) is 55.4 Å². The van der Waals surface area contributed by atoms with E-state index in [2.05, 4.69) is 46.4 Å². The maximum absolute atomic E-state index is 13.0. The van der Waals surface area contributed by atoms with E-state index < -0.39 is 0 Å². The summed E-state index contributed by atoms with van der Waals surface area (Å²) in [7, 11) is 0. The van der Waals surface area contributed by atoms with E-state index in [-0.39, 0.29) is 23.1 Å². The van der Waals surface area contributed by atoms with E-state index in [1.165, 1.54) is 0 Å². The van der Waals surface area contributed by atoms with E-state index >= 15 is 0 Å². The van der Waals surface area contributed by atoms with Gasteiger partial charge in [0.05, 0.1) is 11.6 Å². The third kappa shape index (κ3) is 7.37. The molecule has 0 bridgehead atoms. The number of rotatable bonds is 7. The van der Waals surface area contributed by atoms with Crippen molar-refractivity contribution in [2.45, 2.75) is 45.6 Å². The first-order valence-electron chi connectivity index (χ1n) is 13.9. The molecule has 42 heavy (non-hydrogen) atoms. The van der Waals surface area contributed by atoms with E-state index in [9.17, 15) is 9.59 Å². The zero-order valence-corrected chi connectivity index (χ0v) is 25.3. The van der Waals surface area contributed by atoms with Crippen LogP contribution >= 0.6 is 23.2 Å². The number of hydrogen-bond donors (Lipinski definition) is 2. The number of aromatic nitrogens is 2. The van der Waals surface area contributed by atoms with Crippen LogP contribution in [0.15, 0.2) is 71.3 Å². The number of amides is 2. The highest BCUT2D eigenvalue weighted by Crippen LogP contribution is 2.29. The molecular formula is C32H33Cl2N5O3. The van der Waals surface area contributed by atoms with Crippen molar-refractivity contribution in [3.8, 4) is 11.4 Å². The average Bonchev–Trinajstić information content (AvgIpc) is 3.41. The van der Waals surface area contributed by atoms with Crippen molar-refractivity contribution in [1.82, 2.24) is 15.0 Å². The number of nitrogens with one attached hydrogen (secondary N) is 2. The molecular weight excluding hydrogens is 573 g/mol. The van der Waals surface area contributed by atoms with Crippen LogP contribution in [0.4, 0.5) is 11.4 Å². The number of carbonyl (C=O) groups excluding carboxylic acids is 2. The van der Waals surface area contributed by atoms with E-state index in [1.54, 1.807) is 30.3 Å². The van der Waals surface area contributed by atoms with Gasteiger partial charge in [-0.1, -0.05) is 67.3 Å². The number of benzene rings is 3. The van der Waals surface area contributed by atoms with Gasteiger partial charge in [0.1, 0.15) is 0 Å². The Morgan fingerprint density at radius 1 is 0.952 bits per heavy atom.